The average molecular weight is 257 g/mol. The number of nitrogens with one attached hydrogen (secondary N) is 2. The largest absolute Gasteiger partial charge is 0.326 e. The van der Waals surface area contributed by atoms with E-state index in [2.05, 4.69) is 10.6 Å². The summed E-state index contributed by atoms with van der Waals surface area (Å²) in [6.45, 7) is 0. The quantitative estimate of drug-likeness (QED) is 0.598. The lowest BCUT2D eigenvalue weighted by Gasteiger charge is -1.98. The van der Waals surface area contributed by atoms with Crippen molar-refractivity contribution in [2.24, 2.45) is 0 Å². The molecule has 2 N–H and O–H groups in total. The smallest absolute Gasteiger partial charge is 0.303 e. The summed E-state index contributed by atoms with van der Waals surface area (Å²) < 4.78 is 0. The Morgan fingerprint density at radius 3 is 2.38 bits per heavy atom. The first-order valence-corrected chi connectivity index (χ1v) is 5.11. The fourth-order valence-electron chi connectivity index (χ4n) is 1.25. The van der Waals surface area contributed by atoms with Crippen LogP contribution in [0, 0.1) is 0 Å². The number of carbonyl (C=O) groups is 2. The number of amides is 3. The summed E-state index contributed by atoms with van der Waals surface area (Å²) in [6.07, 6.45) is 1.52. The summed E-state index contributed by atoms with van der Waals surface area (Å²) >= 11 is 11.6. The van der Waals surface area contributed by atoms with Gasteiger partial charge in [0, 0.05) is 0 Å². The van der Waals surface area contributed by atoms with Gasteiger partial charge in [0.2, 0.25) is 0 Å². The summed E-state index contributed by atoms with van der Waals surface area (Å²) in [6, 6.07) is 4.38. The lowest BCUT2D eigenvalue weighted by Crippen LogP contribution is -2.22. The molecule has 0 bridgehead atoms. The van der Waals surface area contributed by atoms with Crippen molar-refractivity contribution in [3.8, 4) is 0 Å². The van der Waals surface area contributed by atoms with Gasteiger partial charge >= 0.3 is 6.03 Å². The molecule has 0 unspecified atom stereocenters. The van der Waals surface area contributed by atoms with Crippen LogP contribution in [0.1, 0.15) is 5.56 Å². The molecule has 0 radical (unpaired) electrons. The van der Waals surface area contributed by atoms with Crippen LogP contribution in [0.5, 0.6) is 0 Å². The lowest BCUT2D eigenvalue weighted by molar-refractivity contribution is -0.115. The molecule has 1 heterocycles. The Morgan fingerprint density at radius 1 is 1.06 bits per heavy atom. The van der Waals surface area contributed by atoms with Crippen LogP contribution in [-0.2, 0) is 4.79 Å². The van der Waals surface area contributed by atoms with Crippen molar-refractivity contribution in [3.63, 3.8) is 0 Å². The fraction of sp³-hybridized carbons (Fsp3) is 0. The third-order valence-electron chi connectivity index (χ3n) is 1.97. The number of imide groups is 1. The van der Waals surface area contributed by atoms with E-state index in [1.807, 2.05) is 0 Å². The van der Waals surface area contributed by atoms with Gasteiger partial charge in [-0.05, 0) is 23.8 Å². The van der Waals surface area contributed by atoms with Gasteiger partial charge in [0.15, 0.2) is 0 Å². The third-order valence-corrected chi connectivity index (χ3v) is 2.71. The maximum Gasteiger partial charge on any atom is 0.326 e. The Hall–Kier alpha value is -1.52. The lowest BCUT2D eigenvalue weighted by atomic mass is 10.2. The minimum atomic E-state index is -0.531. The second kappa shape index (κ2) is 4.15. The van der Waals surface area contributed by atoms with Crippen molar-refractivity contribution in [2.45, 2.75) is 0 Å². The molecule has 0 spiro atoms. The van der Waals surface area contributed by atoms with Gasteiger partial charge in [-0.2, -0.15) is 0 Å². The Labute approximate surface area is 101 Å². The molecule has 0 atom stereocenters. The van der Waals surface area contributed by atoms with Crippen LogP contribution in [-0.4, -0.2) is 11.9 Å². The molecular weight excluding hydrogens is 251 g/mol. The van der Waals surface area contributed by atoms with E-state index in [1.54, 1.807) is 18.2 Å². The molecule has 1 aliphatic heterocycles. The van der Waals surface area contributed by atoms with Gasteiger partial charge in [-0.15, -0.1) is 0 Å². The Balaban J connectivity index is 2.32. The Morgan fingerprint density at radius 2 is 1.81 bits per heavy atom. The summed E-state index contributed by atoms with van der Waals surface area (Å²) in [4.78, 5) is 22.1. The number of hydrogen-bond acceptors (Lipinski definition) is 2. The number of halogens is 2. The maximum absolute atomic E-state index is 11.2. The number of hydrogen-bond donors (Lipinski definition) is 2. The third kappa shape index (κ3) is 2.18. The highest BCUT2D eigenvalue weighted by Gasteiger charge is 2.22. The van der Waals surface area contributed by atoms with E-state index in [4.69, 9.17) is 23.2 Å². The monoisotopic (exact) mass is 256 g/mol. The summed E-state index contributed by atoms with van der Waals surface area (Å²) in [5, 5.41) is 5.29. The van der Waals surface area contributed by atoms with Gasteiger partial charge in [0.1, 0.15) is 5.70 Å². The molecular formula is C10H6Cl2N2O2. The number of benzene rings is 1. The minimum absolute atomic E-state index is 0.184. The highest BCUT2D eigenvalue weighted by molar-refractivity contribution is 6.42. The van der Waals surface area contributed by atoms with Crippen molar-refractivity contribution in [1.82, 2.24) is 10.6 Å². The van der Waals surface area contributed by atoms with E-state index in [0.717, 1.165) is 0 Å². The van der Waals surface area contributed by atoms with Gasteiger partial charge in [-0.25, -0.2) is 4.79 Å². The second-order valence-corrected chi connectivity index (χ2v) is 3.95. The van der Waals surface area contributed by atoms with Gasteiger partial charge < -0.3 is 5.32 Å². The molecule has 1 saturated heterocycles. The highest BCUT2D eigenvalue weighted by atomic mass is 35.5. The molecule has 6 heteroatoms. The molecule has 4 nitrogen and oxygen atoms in total. The van der Waals surface area contributed by atoms with Crippen LogP contribution >= 0.6 is 23.2 Å². The van der Waals surface area contributed by atoms with Gasteiger partial charge in [0.05, 0.1) is 10.0 Å². The zero-order valence-electron chi connectivity index (χ0n) is 7.88. The topological polar surface area (TPSA) is 58.2 Å². The molecule has 1 aromatic carbocycles. The molecule has 3 amide bonds. The van der Waals surface area contributed by atoms with E-state index in [-0.39, 0.29) is 5.70 Å². The maximum atomic E-state index is 11.2. The molecule has 16 heavy (non-hydrogen) atoms. The van der Waals surface area contributed by atoms with E-state index in [0.29, 0.717) is 15.6 Å². The van der Waals surface area contributed by atoms with Crippen LogP contribution in [0.25, 0.3) is 6.08 Å². The average Bonchev–Trinajstić information content (AvgIpc) is 2.51. The fourth-order valence-corrected chi connectivity index (χ4v) is 1.56. The van der Waals surface area contributed by atoms with Crippen LogP contribution < -0.4 is 10.6 Å². The van der Waals surface area contributed by atoms with Gasteiger partial charge in [-0.1, -0.05) is 29.3 Å². The van der Waals surface area contributed by atoms with Crippen LogP contribution in [0.2, 0.25) is 10.0 Å². The molecule has 0 aromatic heterocycles. The zero-order valence-corrected chi connectivity index (χ0v) is 9.39. The molecule has 82 valence electrons. The molecule has 0 aliphatic carbocycles. The van der Waals surface area contributed by atoms with Crippen molar-refractivity contribution in [2.75, 3.05) is 0 Å². The van der Waals surface area contributed by atoms with Gasteiger partial charge in [0.25, 0.3) is 5.91 Å². The second-order valence-electron chi connectivity index (χ2n) is 3.14. The van der Waals surface area contributed by atoms with Crippen molar-refractivity contribution < 1.29 is 9.59 Å². The molecule has 0 saturated carbocycles. The normalized spacial score (nSPS) is 17.5. The molecule has 1 aromatic rings. The summed E-state index contributed by atoms with van der Waals surface area (Å²) in [5.41, 5.74) is 0.866. The van der Waals surface area contributed by atoms with E-state index in [9.17, 15) is 9.59 Å². The Kier molecular flexibility index (Phi) is 2.85. The van der Waals surface area contributed by atoms with Crippen molar-refractivity contribution >= 4 is 41.2 Å². The van der Waals surface area contributed by atoms with Crippen molar-refractivity contribution in [3.05, 3.63) is 39.5 Å². The first-order valence-electron chi connectivity index (χ1n) is 4.35. The number of carbonyl (C=O) groups excluding carboxylic acids is 2. The number of urea groups is 1. The van der Waals surface area contributed by atoms with Crippen molar-refractivity contribution in [1.29, 1.82) is 0 Å². The molecule has 1 fully saturated rings. The first-order chi connectivity index (χ1) is 7.56. The molecule has 1 aliphatic rings. The molecule has 2 rings (SSSR count). The SMILES string of the molecule is O=C1NC(=O)C(=Cc2ccc(Cl)c(Cl)c2)N1. The van der Waals surface area contributed by atoms with Crippen LogP contribution in [0.15, 0.2) is 23.9 Å². The minimum Gasteiger partial charge on any atom is -0.303 e. The predicted octanol–water partition coefficient (Wildman–Crippen LogP) is 2.17. The predicted molar refractivity (Wildman–Crippen MR) is 61.1 cm³/mol. The number of rotatable bonds is 1. The van der Waals surface area contributed by atoms with Crippen LogP contribution in [0.3, 0.4) is 0 Å². The van der Waals surface area contributed by atoms with E-state index < -0.39 is 11.9 Å². The Bertz CT molecular complexity index is 512. The zero-order chi connectivity index (χ0) is 11.7. The highest BCUT2D eigenvalue weighted by Crippen LogP contribution is 2.23. The van der Waals surface area contributed by atoms with Gasteiger partial charge in [-0.3, -0.25) is 10.1 Å². The van der Waals surface area contributed by atoms with Crippen LogP contribution in [0.4, 0.5) is 4.79 Å². The summed E-state index contributed by atoms with van der Waals surface area (Å²) in [7, 11) is 0. The summed E-state index contributed by atoms with van der Waals surface area (Å²) in [5.74, 6) is -0.462. The van der Waals surface area contributed by atoms with E-state index in [1.165, 1.54) is 6.08 Å². The first kappa shape index (κ1) is 11.0. The standard InChI is InChI=1S/C10H6Cl2N2O2/c11-6-2-1-5(3-7(6)12)4-8-9(15)14-10(16)13-8/h1-4H,(H2,13,14,15,16). The van der Waals surface area contributed by atoms with E-state index >= 15 is 0 Å².